The van der Waals surface area contributed by atoms with Crippen molar-refractivity contribution in [3.63, 3.8) is 0 Å². The highest BCUT2D eigenvalue weighted by atomic mass is 16.5. The average Bonchev–Trinajstić information content (AvgIpc) is 2.87. The molecule has 1 amide bonds. The number of nitrogens with zero attached hydrogens (tertiary/aromatic N) is 1. The molecule has 0 spiro atoms. The van der Waals surface area contributed by atoms with E-state index in [1.165, 1.54) is 0 Å². The summed E-state index contributed by atoms with van der Waals surface area (Å²) >= 11 is 0. The third-order valence-electron chi connectivity index (χ3n) is 6.95. The molecule has 1 aromatic carbocycles. The van der Waals surface area contributed by atoms with Crippen molar-refractivity contribution in [3.05, 3.63) is 76.5 Å². The first-order valence-electron chi connectivity index (χ1n) is 13.4. The highest BCUT2D eigenvalue weighted by Gasteiger charge is 2.37. The Hall–Kier alpha value is -3.92. The number of hydrogen-bond donors (Lipinski definition) is 1. The second-order valence-corrected chi connectivity index (χ2v) is 10.6. The Bertz CT molecular complexity index is 1330. The van der Waals surface area contributed by atoms with Crippen LogP contribution in [0.5, 0.6) is 0 Å². The predicted octanol–water partition coefficient (Wildman–Crippen LogP) is 5.53. The van der Waals surface area contributed by atoms with Crippen LogP contribution in [0.3, 0.4) is 0 Å². The van der Waals surface area contributed by atoms with Crippen LogP contribution in [0, 0.1) is 32.1 Å². The summed E-state index contributed by atoms with van der Waals surface area (Å²) in [7, 11) is 0. The minimum absolute atomic E-state index is 0.0787. The van der Waals surface area contributed by atoms with Gasteiger partial charge < -0.3 is 14.8 Å². The number of carbonyl (C=O) groups excluding carboxylic acids is 3. The van der Waals surface area contributed by atoms with Gasteiger partial charge in [0.05, 0.1) is 19.1 Å². The number of aryl methyl sites for hydroxylation is 2. The van der Waals surface area contributed by atoms with E-state index in [4.69, 9.17) is 11.2 Å². The molecule has 0 aliphatic carbocycles. The monoisotopic (exact) mass is 524 g/mol. The molecule has 0 fully saturated rings. The maximum Gasteiger partial charge on any atom is 0.308 e. The summed E-state index contributed by atoms with van der Waals surface area (Å²) in [6.07, 6.45) is 11.3. The standard InChI is InChI=1S/C32H37BN2O4/c1-8-27-25(31-22(6)11-10-12-23(31)7)17-24(19-34-27)28(18-30(37)39-9-2)35-32(38)26(15-20(3)4)33-14-13-21(5)16-29(33)36/h1,10-14,16-17,19-20,26,28H,9,15,18H2,2-7H3,(H,35,38)/t26-,28?/m0/s1. The molecular weight excluding hydrogens is 487 g/mol. The van der Waals surface area contributed by atoms with E-state index in [2.05, 4.69) is 16.2 Å². The van der Waals surface area contributed by atoms with Crippen LogP contribution < -0.4 is 5.32 Å². The zero-order valence-electron chi connectivity index (χ0n) is 23.7. The van der Waals surface area contributed by atoms with E-state index in [-0.39, 0.29) is 30.5 Å². The smallest absolute Gasteiger partial charge is 0.308 e. The minimum atomic E-state index is -0.714. The first kappa shape index (κ1) is 29.6. The van der Waals surface area contributed by atoms with Crippen LogP contribution in [0.1, 0.15) is 69.0 Å². The Labute approximate surface area is 232 Å². The van der Waals surface area contributed by atoms with Gasteiger partial charge in [-0.05, 0) is 85.9 Å². The number of allylic oxidation sites excluding steroid dienone is 3. The van der Waals surface area contributed by atoms with E-state index in [1.807, 2.05) is 70.9 Å². The molecule has 0 saturated heterocycles. The van der Waals surface area contributed by atoms with Gasteiger partial charge in [0.2, 0.25) is 5.91 Å². The van der Waals surface area contributed by atoms with Crippen LogP contribution in [0.25, 0.3) is 11.1 Å². The number of ether oxygens (including phenoxy) is 1. The number of aromatic nitrogens is 1. The lowest BCUT2D eigenvalue weighted by molar-refractivity contribution is -0.143. The summed E-state index contributed by atoms with van der Waals surface area (Å²) in [6, 6.07) is 7.19. The largest absolute Gasteiger partial charge is 0.466 e. The van der Waals surface area contributed by atoms with Gasteiger partial charge in [0.15, 0.2) is 0 Å². The molecule has 7 heteroatoms. The number of esters is 1. The Morgan fingerprint density at radius 2 is 1.87 bits per heavy atom. The number of benzene rings is 1. The van der Waals surface area contributed by atoms with Gasteiger partial charge in [0.25, 0.3) is 6.71 Å². The van der Waals surface area contributed by atoms with E-state index in [0.29, 0.717) is 17.7 Å². The van der Waals surface area contributed by atoms with Crippen molar-refractivity contribution >= 4 is 24.3 Å². The van der Waals surface area contributed by atoms with Crippen molar-refractivity contribution in [2.24, 2.45) is 5.92 Å². The summed E-state index contributed by atoms with van der Waals surface area (Å²) in [6.45, 7) is 11.3. The normalized spacial score (nSPS) is 14.5. The average molecular weight is 524 g/mol. The number of amides is 1. The first-order chi connectivity index (χ1) is 18.5. The van der Waals surface area contributed by atoms with Crippen molar-refractivity contribution in [1.29, 1.82) is 0 Å². The number of nitrogens with one attached hydrogen (secondary N) is 1. The Kier molecular flexibility index (Phi) is 10.1. The van der Waals surface area contributed by atoms with Crippen LogP contribution in [0.15, 0.2) is 54.2 Å². The number of carbonyl (C=O) groups is 3. The van der Waals surface area contributed by atoms with Crippen molar-refractivity contribution in [3.8, 4) is 23.5 Å². The number of terminal acetylenes is 1. The highest BCUT2D eigenvalue weighted by Crippen LogP contribution is 2.33. The SMILES string of the molecule is C#Cc1ncc(C(CC(=O)OCC)NC(=O)[C@H](CC(C)C)B2C=CC(C)=CC2=O)cc1-c1c(C)cccc1C. The van der Waals surface area contributed by atoms with Gasteiger partial charge >= 0.3 is 5.97 Å². The molecule has 39 heavy (non-hydrogen) atoms. The van der Waals surface area contributed by atoms with Gasteiger partial charge in [-0.2, -0.15) is 0 Å². The molecule has 1 unspecified atom stereocenters. The van der Waals surface area contributed by atoms with Crippen LogP contribution >= 0.6 is 0 Å². The fourth-order valence-electron chi connectivity index (χ4n) is 5.11. The summed E-state index contributed by atoms with van der Waals surface area (Å²) in [4.78, 5) is 43.8. The summed E-state index contributed by atoms with van der Waals surface area (Å²) in [5, 5.41) is 3.06. The topological polar surface area (TPSA) is 85.4 Å². The second-order valence-electron chi connectivity index (χ2n) is 10.6. The van der Waals surface area contributed by atoms with E-state index >= 15 is 0 Å². The third kappa shape index (κ3) is 7.35. The molecule has 0 bridgehead atoms. The zero-order valence-corrected chi connectivity index (χ0v) is 23.7. The molecule has 0 radical (unpaired) electrons. The van der Waals surface area contributed by atoms with Crippen LogP contribution in [-0.4, -0.2) is 35.9 Å². The van der Waals surface area contributed by atoms with E-state index < -0.39 is 24.5 Å². The van der Waals surface area contributed by atoms with Crippen molar-refractivity contribution in [1.82, 2.24) is 10.3 Å². The lowest BCUT2D eigenvalue weighted by Gasteiger charge is -2.27. The number of rotatable bonds is 10. The lowest BCUT2D eigenvalue weighted by atomic mass is 9.36. The molecule has 1 aromatic heterocycles. The van der Waals surface area contributed by atoms with Crippen molar-refractivity contribution < 1.29 is 19.1 Å². The molecule has 202 valence electrons. The van der Waals surface area contributed by atoms with Crippen LogP contribution in [0.2, 0.25) is 5.82 Å². The van der Waals surface area contributed by atoms with Crippen LogP contribution in [0.4, 0.5) is 0 Å². The van der Waals surface area contributed by atoms with Crippen LogP contribution in [-0.2, 0) is 19.1 Å². The maximum absolute atomic E-state index is 13.8. The van der Waals surface area contributed by atoms with Gasteiger partial charge in [-0.25, -0.2) is 4.98 Å². The van der Waals surface area contributed by atoms with Crippen molar-refractivity contribution in [2.45, 2.75) is 66.2 Å². The van der Waals surface area contributed by atoms with E-state index in [1.54, 1.807) is 19.2 Å². The molecule has 0 saturated carbocycles. The molecule has 6 nitrogen and oxygen atoms in total. The molecule has 2 aromatic rings. The van der Waals surface area contributed by atoms with Gasteiger partial charge in [-0.3, -0.25) is 9.59 Å². The van der Waals surface area contributed by atoms with Crippen molar-refractivity contribution in [2.75, 3.05) is 6.61 Å². The Morgan fingerprint density at radius 3 is 2.46 bits per heavy atom. The quantitative estimate of drug-likeness (QED) is 0.251. The fraction of sp³-hybridized carbons (Fsp3) is 0.375. The molecule has 1 aliphatic rings. The summed E-state index contributed by atoms with van der Waals surface area (Å²) < 4.78 is 5.23. The number of pyridine rings is 1. The maximum atomic E-state index is 13.8. The van der Waals surface area contributed by atoms with E-state index in [0.717, 1.165) is 27.8 Å². The number of hydrogen-bond acceptors (Lipinski definition) is 5. The zero-order chi connectivity index (χ0) is 28.7. The predicted molar refractivity (Wildman–Crippen MR) is 156 cm³/mol. The molecule has 3 rings (SSSR count). The van der Waals surface area contributed by atoms with E-state index in [9.17, 15) is 14.4 Å². The molecule has 2 heterocycles. The Morgan fingerprint density at radius 1 is 1.18 bits per heavy atom. The highest BCUT2D eigenvalue weighted by molar-refractivity contribution is 6.98. The fourth-order valence-corrected chi connectivity index (χ4v) is 5.11. The lowest BCUT2D eigenvalue weighted by Crippen LogP contribution is -2.42. The molecule has 1 aliphatic heterocycles. The second kappa shape index (κ2) is 13.2. The van der Waals surface area contributed by atoms with Gasteiger partial charge in [0, 0.05) is 17.6 Å². The summed E-state index contributed by atoms with van der Waals surface area (Å²) in [5.41, 5.74) is 5.71. The first-order valence-corrected chi connectivity index (χ1v) is 13.4. The summed E-state index contributed by atoms with van der Waals surface area (Å²) in [5.74, 6) is 3.35. The van der Waals surface area contributed by atoms with Gasteiger partial charge in [0.1, 0.15) is 11.4 Å². The van der Waals surface area contributed by atoms with Gasteiger partial charge in [-0.15, -0.1) is 12.4 Å². The molecule has 2 atom stereocenters. The minimum Gasteiger partial charge on any atom is -0.466 e. The Balaban J connectivity index is 2.04. The molecule has 1 N–H and O–H groups in total. The molecular formula is C32H37BN2O4. The third-order valence-corrected chi connectivity index (χ3v) is 6.95. The van der Waals surface area contributed by atoms with Gasteiger partial charge in [-0.1, -0.05) is 38.1 Å².